The number of phenols is 1. The van der Waals surface area contributed by atoms with Crippen LogP contribution in [0.3, 0.4) is 0 Å². The van der Waals surface area contributed by atoms with Crippen LogP contribution in [-0.2, 0) is 11.3 Å². The molecule has 9 heteroatoms. The number of aromatic hydroxyl groups is 1. The van der Waals surface area contributed by atoms with Crippen molar-refractivity contribution in [3.8, 4) is 22.2 Å². The van der Waals surface area contributed by atoms with E-state index in [0.29, 0.717) is 37.1 Å². The maximum atomic E-state index is 12.3. The molecule has 1 aliphatic rings. The van der Waals surface area contributed by atoms with E-state index in [9.17, 15) is 9.90 Å². The van der Waals surface area contributed by atoms with Gasteiger partial charge in [0.15, 0.2) is 18.1 Å². The summed E-state index contributed by atoms with van der Waals surface area (Å²) in [6, 6.07) is 10.5. The molecule has 1 aliphatic heterocycles. The van der Waals surface area contributed by atoms with Gasteiger partial charge in [-0.05, 0) is 23.6 Å². The minimum absolute atomic E-state index is 0.0293. The molecule has 3 heterocycles. The first-order valence-corrected chi connectivity index (χ1v) is 9.84. The number of thiophene rings is 1. The summed E-state index contributed by atoms with van der Waals surface area (Å²) in [6.45, 7) is 3.13. The van der Waals surface area contributed by atoms with Crippen LogP contribution in [-0.4, -0.2) is 63.7 Å². The second-order valence-corrected chi connectivity index (χ2v) is 7.35. The van der Waals surface area contributed by atoms with E-state index in [2.05, 4.69) is 15.0 Å². The zero-order valence-electron chi connectivity index (χ0n) is 15.2. The fourth-order valence-corrected chi connectivity index (χ4v) is 3.63. The SMILES string of the molecule is O=C(COc1ccccc1O)N1CCN(Cc2nc(-c3cccs3)no2)CC1. The highest BCUT2D eigenvalue weighted by atomic mass is 32.1. The number of phenolic OH excluding ortho intramolecular Hbond substituents is 1. The summed E-state index contributed by atoms with van der Waals surface area (Å²) in [4.78, 5) is 21.7. The van der Waals surface area contributed by atoms with Crippen molar-refractivity contribution < 1.29 is 19.2 Å². The fourth-order valence-electron chi connectivity index (χ4n) is 2.98. The first-order chi connectivity index (χ1) is 13.7. The van der Waals surface area contributed by atoms with E-state index >= 15 is 0 Å². The Balaban J connectivity index is 1.24. The third-order valence-corrected chi connectivity index (χ3v) is 5.38. The molecule has 1 amide bonds. The number of amides is 1. The second kappa shape index (κ2) is 8.41. The van der Waals surface area contributed by atoms with Crippen molar-refractivity contribution in [2.24, 2.45) is 0 Å². The molecule has 4 rings (SSSR count). The molecule has 0 aliphatic carbocycles. The minimum atomic E-state index is -0.0966. The van der Waals surface area contributed by atoms with Crippen molar-refractivity contribution in [3.63, 3.8) is 0 Å². The lowest BCUT2D eigenvalue weighted by atomic mass is 10.3. The molecule has 8 nitrogen and oxygen atoms in total. The third-order valence-electron chi connectivity index (χ3n) is 4.51. The Hall–Kier alpha value is -2.91. The molecule has 0 bridgehead atoms. The number of hydrogen-bond donors (Lipinski definition) is 1. The van der Waals surface area contributed by atoms with Crippen molar-refractivity contribution in [3.05, 3.63) is 47.7 Å². The summed E-state index contributed by atoms with van der Waals surface area (Å²) < 4.78 is 10.8. The van der Waals surface area contributed by atoms with Gasteiger partial charge < -0.3 is 19.3 Å². The highest BCUT2D eigenvalue weighted by Gasteiger charge is 2.23. The minimum Gasteiger partial charge on any atom is -0.504 e. The van der Waals surface area contributed by atoms with E-state index in [1.54, 1.807) is 34.4 Å². The second-order valence-electron chi connectivity index (χ2n) is 6.40. The van der Waals surface area contributed by atoms with Crippen LogP contribution in [0.25, 0.3) is 10.7 Å². The summed E-state index contributed by atoms with van der Waals surface area (Å²) in [6.07, 6.45) is 0. The van der Waals surface area contributed by atoms with Gasteiger partial charge >= 0.3 is 0 Å². The Bertz CT molecular complexity index is 920. The molecule has 1 saturated heterocycles. The number of carbonyl (C=O) groups is 1. The maximum Gasteiger partial charge on any atom is 0.260 e. The Morgan fingerprint density at radius 3 is 2.75 bits per heavy atom. The molecular weight excluding hydrogens is 380 g/mol. The lowest BCUT2D eigenvalue weighted by Crippen LogP contribution is -2.49. The van der Waals surface area contributed by atoms with Gasteiger partial charge in [0.05, 0.1) is 11.4 Å². The van der Waals surface area contributed by atoms with E-state index in [4.69, 9.17) is 9.26 Å². The molecule has 0 unspecified atom stereocenters. The first kappa shape index (κ1) is 18.5. The smallest absolute Gasteiger partial charge is 0.260 e. The molecule has 28 heavy (non-hydrogen) atoms. The Kier molecular flexibility index (Phi) is 5.54. The van der Waals surface area contributed by atoms with Crippen LogP contribution >= 0.6 is 11.3 Å². The normalized spacial score (nSPS) is 14.9. The van der Waals surface area contributed by atoms with E-state index < -0.39 is 0 Å². The predicted molar refractivity (Wildman–Crippen MR) is 103 cm³/mol. The summed E-state index contributed by atoms with van der Waals surface area (Å²) in [5, 5.41) is 15.7. The number of piperazine rings is 1. The third kappa shape index (κ3) is 4.32. The summed E-state index contributed by atoms with van der Waals surface area (Å²) in [5.41, 5.74) is 0. The molecule has 2 aromatic heterocycles. The number of carbonyl (C=O) groups excluding carboxylic acids is 1. The van der Waals surface area contributed by atoms with Gasteiger partial charge in [-0.2, -0.15) is 4.98 Å². The van der Waals surface area contributed by atoms with Crippen LogP contribution < -0.4 is 4.74 Å². The number of para-hydroxylation sites is 2. The molecule has 0 atom stereocenters. The Morgan fingerprint density at radius 1 is 1.18 bits per heavy atom. The van der Waals surface area contributed by atoms with E-state index in [0.717, 1.165) is 18.0 Å². The van der Waals surface area contributed by atoms with Gasteiger partial charge in [-0.15, -0.1) is 11.3 Å². The standard InChI is InChI=1S/C19H20N4O4S/c24-14-4-1-2-5-15(14)26-13-18(25)23-9-7-22(8-10-23)12-17-20-19(21-27-17)16-6-3-11-28-16/h1-6,11,24H,7-10,12-13H2. The average molecular weight is 400 g/mol. The largest absolute Gasteiger partial charge is 0.504 e. The number of aromatic nitrogens is 2. The van der Waals surface area contributed by atoms with E-state index in [-0.39, 0.29) is 18.3 Å². The van der Waals surface area contributed by atoms with Gasteiger partial charge in [0.2, 0.25) is 11.7 Å². The monoisotopic (exact) mass is 400 g/mol. The van der Waals surface area contributed by atoms with Crippen LogP contribution in [0, 0.1) is 0 Å². The first-order valence-electron chi connectivity index (χ1n) is 8.96. The summed E-state index contributed by atoms with van der Waals surface area (Å²) >= 11 is 1.57. The van der Waals surface area contributed by atoms with E-state index in [1.807, 2.05) is 17.5 Å². The molecule has 1 aromatic carbocycles. The average Bonchev–Trinajstić information content (AvgIpc) is 3.39. The van der Waals surface area contributed by atoms with Crippen molar-refractivity contribution in [2.45, 2.75) is 6.54 Å². The fraction of sp³-hybridized carbons (Fsp3) is 0.316. The summed E-state index contributed by atoms with van der Waals surface area (Å²) in [7, 11) is 0. The quantitative estimate of drug-likeness (QED) is 0.678. The number of ether oxygens (including phenoxy) is 1. The molecule has 146 valence electrons. The van der Waals surface area contributed by atoms with Crippen molar-refractivity contribution >= 4 is 17.2 Å². The summed E-state index contributed by atoms with van der Waals surface area (Å²) in [5.74, 6) is 1.43. The lowest BCUT2D eigenvalue weighted by molar-refractivity contribution is -0.135. The zero-order valence-corrected chi connectivity index (χ0v) is 16.0. The zero-order chi connectivity index (χ0) is 19.3. The van der Waals surface area contributed by atoms with Crippen molar-refractivity contribution in [1.82, 2.24) is 19.9 Å². The van der Waals surface area contributed by atoms with Crippen LogP contribution in [0.1, 0.15) is 5.89 Å². The van der Waals surface area contributed by atoms with Crippen LogP contribution in [0.4, 0.5) is 0 Å². The van der Waals surface area contributed by atoms with Gasteiger partial charge in [0, 0.05) is 26.2 Å². The lowest BCUT2D eigenvalue weighted by Gasteiger charge is -2.33. The number of rotatable bonds is 6. The molecule has 0 spiro atoms. The number of benzene rings is 1. The van der Waals surface area contributed by atoms with Gasteiger partial charge in [-0.1, -0.05) is 23.4 Å². The molecular formula is C19H20N4O4S. The highest BCUT2D eigenvalue weighted by Crippen LogP contribution is 2.24. The molecule has 1 N–H and O–H groups in total. The van der Waals surface area contributed by atoms with E-state index in [1.165, 1.54) is 6.07 Å². The maximum absolute atomic E-state index is 12.3. The van der Waals surface area contributed by atoms with Crippen molar-refractivity contribution in [1.29, 1.82) is 0 Å². The molecule has 1 fully saturated rings. The van der Waals surface area contributed by atoms with Crippen molar-refractivity contribution in [2.75, 3.05) is 32.8 Å². The molecule has 3 aromatic rings. The van der Waals surface area contributed by atoms with Crippen LogP contribution in [0.2, 0.25) is 0 Å². The topological polar surface area (TPSA) is 91.9 Å². The van der Waals surface area contributed by atoms with Gasteiger partial charge in [0.25, 0.3) is 5.91 Å². The molecule has 0 radical (unpaired) electrons. The van der Waals surface area contributed by atoms with Gasteiger partial charge in [-0.25, -0.2) is 0 Å². The highest BCUT2D eigenvalue weighted by molar-refractivity contribution is 7.13. The Morgan fingerprint density at radius 2 is 2.00 bits per heavy atom. The Labute approximate surface area is 166 Å². The molecule has 0 saturated carbocycles. The van der Waals surface area contributed by atoms with Gasteiger partial charge in [-0.3, -0.25) is 9.69 Å². The predicted octanol–water partition coefficient (Wildman–Crippen LogP) is 2.23. The number of hydrogen-bond acceptors (Lipinski definition) is 8. The van der Waals surface area contributed by atoms with Crippen LogP contribution in [0.15, 0.2) is 46.3 Å². The number of nitrogens with zero attached hydrogens (tertiary/aromatic N) is 4. The van der Waals surface area contributed by atoms with Crippen LogP contribution in [0.5, 0.6) is 11.5 Å². The van der Waals surface area contributed by atoms with Gasteiger partial charge in [0.1, 0.15) is 0 Å².